The first-order chi connectivity index (χ1) is 14.9. The van der Waals surface area contributed by atoms with Gasteiger partial charge in [-0.1, -0.05) is 75.1 Å². The minimum Gasteiger partial charge on any atom is -0.450 e. The summed E-state index contributed by atoms with van der Waals surface area (Å²) >= 11 is 0. The molecular weight excluding hydrogens is 326 g/mol. The van der Waals surface area contributed by atoms with Gasteiger partial charge in [-0.05, 0) is 31.5 Å². The Balaban J connectivity index is 2.03. The highest BCUT2D eigenvalue weighted by atomic mass is 16.5. The van der Waals surface area contributed by atoms with Crippen LogP contribution in [0.5, 0.6) is 0 Å². The molecular formula is C22H31NO3. The van der Waals surface area contributed by atoms with E-state index in [0.29, 0.717) is 5.56 Å². The number of rotatable bonds is 7. The second-order valence-electron chi connectivity index (χ2n) is 6.54. The van der Waals surface area contributed by atoms with E-state index in [2.05, 4.69) is 11.8 Å². The topological polar surface area (TPSA) is 49.8 Å². The summed E-state index contributed by atoms with van der Waals surface area (Å²) in [5.41, 5.74) is -1.26. The number of nitrogens with zero attached hydrogens (tertiary/aromatic N) is 1. The molecule has 0 aliphatic heterocycles. The average Bonchev–Trinajstić information content (AvgIpc) is 2.71. The van der Waals surface area contributed by atoms with Crippen molar-refractivity contribution < 1.29 is 22.9 Å². The molecule has 1 aliphatic carbocycles. The predicted molar refractivity (Wildman–Crippen MR) is 103 cm³/mol. The lowest BCUT2D eigenvalue weighted by Gasteiger charge is -2.36. The van der Waals surface area contributed by atoms with Crippen LogP contribution in [0.4, 0.5) is 0 Å². The number of esters is 1. The van der Waals surface area contributed by atoms with Crippen molar-refractivity contribution in [2.75, 3.05) is 26.2 Å². The SMILES string of the molecule is [2H]C([2H])([2H])CN(CC#CCOC(=O)[C@@](O)(c1ccccc1)C1CCCCC1)CC([2H])([2H])[2H]. The van der Waals surface area contributed by atoms with Crippen molar-refractivity contribution in [1.82, 2.24) is 4.90 Å². The molecule has 1 aromatic carbocycles. The third-order valence-electron chi connectivity index (χ3n) is 4.87. The first-order valence-corrected chi connectivity index (χ1v) is 9.05. The van der Waals surface area contributed by atoms with Crippen molar-refractivity contribution in [3.05, 3.63) is 35.9 Å². The first-order valence-electron chi connectivity index (χ1n) is 12.0. The van der Waals surface area contributed by atoms with Crippen LogP contribution in [0.25, 0.3) is 0 Å². The van der Waals surface area contributed by atoms with E-state index in [1.807, 2.05) is 6.07 Å². The molecule has 0 unspecified atom stereocenters. The summed E-state index contributed by atoms with van der Waals surface area (Å²) in [6, 6.07) is 8.76. The van der Waals surface area contributed by atoms with Gasteiger partial charge in [-0.25, -0.2) is 4.79 Å². The maximum atomic E-state index is 12.9. The zero-order valence-electron chi connectivity index (χ0n) is 21.0. The summed E-state index contributed by atoms with van der Waals surface area (Å²) in [4.78, 5) is 14.2. The lowest BCUT2D eigenvalue weighted by atomic mass is 9.73. The number of benzene rings is 1. The van der Waals surface area contributed by atoms with Gasteiger partial charge in [0.05, 0.1) is 6.54 Å². The molecule has 26 heavy (non-hydrogen) atoms. The molecule has 4 nitrogen and oxygen atoms in total. The molecule has 1 N–H and O–H groups in total. The highest BCUT2D eigenvalue weighted by Crippen LogP contribution is 2.40. The van der Waals surface area contributed by atoms with Gasteiger partial charge in [0.15, 0.2) is 12.2 Å². The van der Waals surface area contributed by atoms with Gasteiger partial charge in [-0.15, -0.1) is 0 Å². The highest BCUT2D eigenvalue weighted by molar-refractivity contribution is 5.81. The number of ether oxygens (including phenoxy) is 1. The molecule has 0 saturated heterocycles. The van der Waals surface area contributed by atoms with E-state index in [1.54, 1.807) is 24.3 Å². The van der Waals surface area contributed by atoms with Gasteiger partial charge in [-0.2, -0.15) is 0 Å². The average molecular weight is 364 g/mol. The smallest absolute Gasteiger partial charge is 0.344 e. The molecule has 1 atom stereocenters. The molecule has 2 rings (SSSR count). The Morgan fingerprint density at radius 3 is 2.58 bits per heavy atom. The van der Waals surface area contributed by atoms with Crippen molar-refractivity contribution in [1.29, 1.82) is 0 Å². The highest BCUT2D eigenvalue weighted by Gasteiger charge is 2.46. The molecule has 0 heterocycles. The Kier molecular flexibility index (Phi) is 5.32. The van der Waals surface area contributed by atoms with E-state index < -0.39 is 38.4 Å². The summed E-state index contributed by atoms with van der Waals surface area (Å²) in [5.74, 6) is 4.31. The minimum absolute atomic E-state index is 0.0834. The summed E-state index contributed by atoms with van der Waals surface area (Å²) in [7, 11) is 0. The number of hydrogen-bond donors (Lipinski definition) is 1. The van der Waals surface area contributed by atoms with Gasteiger partial charge in [-0.3, -0.25) is 4.90 Å². The third-order valence-corrected chi connectivity index (χ3v) is 4.87. The summed E-state index contributed by atoms with van der Waals surface area (Å²) in [6.07, 6.45) is 4.41. The Morgan fingerprint density at radius 2 is 1.92 bits per heavy atom. The van der Waals surface area contributed by atoms with Crippen molar-refractivity contribution in [2.45, 2.75) is 51.4 Å². The summed E-state index contributed by atoms with van der Waals surface area (Å²) in [5, 5.41) is 11.4. The fourth-order valence-corrected chi connectivity index (χ4v) is 3.33. The fraction of sp³-hybridized carbons (Fsp3) is 0.591. The predicted octanol–water partition coefficient (Wildman–Crippen LogP) is 3.34. The van der Waals surface area contributed by atoms with Crippen LogP contribution in [0.2, 0.25) is 0 Å². The van der Waals surface area contributed by atoms with Crippen LogP contribution in [0, 0.1) is 17.8 Å². The van der Waals surface area contributed by atoms with Crippen LogP contribution in [0.15, 0.2) is 30.3 Å². The molecule has 0 aromatic heterocycles. The second kappa shape index (κ2) is 10.4. The molecule has 1 aliphatic rings. The Hall–Kier alpha value is -1.83. The summed E-state index contributed by atoms with van der Waals surface area (Å²) in [6.45, 7) is -5.81. The van der Waals surface area contributed by atoms with Gasteiger partial charge in [0, 0.05) is 14.1 Å². The normalized spacial score (nSPS) is 21.6. The van der Waals surface area contributed by atoms with E-state index in [4.69, 9.17) is 13.0 Å². The summed E-state index contributed by atoms with van der Waals surface area (Å²) < 4.78 is 49.4. The van der Waals surface area contributed by atoms with Crippen LogP contribution in [0.1, 0.15) is 59.6 Å². The number of aliphatic hydroxyl groups is 1. The molecule has 1 saturated carbocycles. The van der Waals surface area contributed by atoms with Crippen LogP contribution < -0.4 is 0 Å². The van der Waals surface area contributed by atoms with Crippen LogP contribution >= 0.6 is 0 Å². The van der Waals surface area contributed by atoms with Gasteiger partial charge in [0.1, 0.15) is 0 Å². The monoisotopic (exact) mass is 363 g/mol. The molecule has 4 heteroatoms. The number of hydrogen-bond acceptors (Lipinski definition) is 4. The number of carbonyl (C=O) groups excluding carboxylic acids is 1. The molecule has 1 aromatic rings. The van der Waals surface area contributed by atoms with Crippen LogP contribution in [-0.2, 0) is 15.1 Å². The van der Waals surface area contributed by atoms with Crippen LogP contribution in [0.3, 0.4) is 0 Å². The van der Waals surface area contributed by atoms with Gasteiger partial charge in [0.2, 0.25) is 0 Å². The Morgan fingerprint density at radius 1 is 1.23 bits per heavy atom. The Bertz CT molecular complexity index is 778. The lowest BCUT2D eigenvalue weighted by molar-refractivity contribution is -0.174. The van der Waals surface area contributed by atoms with Crippen molar-refractivity contribution in [2.24, 2.45) is 5.92 Å². The number of carbonyl (C=O) groups is 1. The maximum Gasteiger partial charge on any atom is 0.344 e. The fourth-order valence-electron chi connectivity index (χ4n) is 3.33. The van der Waals surface area contributed by atoms with Gasteiger partial charge < -0.3 is 9.84 Å². The van der Waals surface area contributed by atoms with E-state index >= 15 is 0 Å². The standard InChI is InChI=1S/C22H31NO3/c1-3-23(4-2)17-11-12-18-26-21(24)22(25,19-13-7-5-8-14-19)20-15-9-6-10-16-20/h5,7-8,13-14,20,25H,3-4,6,9-10,15-18H2,1-2H3/t22-/m1/s1/i1D3,2D3. The Labute approximate surface area is 166 Å². The maximum absolute atomic E-state index is 12.9. The first kappa shape index (κ1) is 13.4. The van der Waals surface area contributed by atoms with Crippen molar-refractivity contribution in [3.63, 3.8) is 0 Å². The van der Waals surface area contributed by atoms with E-state index in [1.165, 1.54) is 4.90 Å². The third kappa shape index (κ3) is 5.09. The zero-order valence-corrected chi connectivity index (χ0v) is 15.0. The molecule has 0 bridgehead atoms. The largest absolute Gasteiger partial charge is 0.450 e. The molecule has 142 valence electrons. The van der Waals surface area contributed by atoms with Crippen LogP contribution in [-0.4, -0.2) is 42.2 Å². The molecule has 1 fully saturated rings. The van der Waals surface area contributed by atoms with E-state index in [0.717, 1.165) is 32.1 Å². The van der Waals surface area contributed by atoms with E-state index in [-0.39, 0.29) is 19.1 Å². The molecule has 0 amide bonds. The zero-order chi connectivity index (χ0) is 23.8. The quantitative estimate of drug-likeness (QED) is 0.596. The molecule has 0 radical (unpaired) electrons. The van der Waals surface area contributed by atoms with Crippen molar-refractivity contribution in [3.8, 4) is 11.8 Å². The molecule has 0 spiro atoms. The van der Waals surface area contributed by atoms with Crippen molar-refractivity contribution >= 4 is 5.97 Å². The second-order valence-corrected chi connectivity index (χ2v) is 6.54. The van der Waals surface area contributed by atoms with Gasteiger partial charge in [0.25, 0.3) is 0 Å². The minimum atomic E-state index is -2.31. The lowest BCUT2D eigenvalue weighted by Crippen LogP contribution is -2.45. The van der Waals surface area contributed by atoms with Gasteiger partial charge >= 0.3 is 5.97 Å². The van der Waals surface area contributed by atoms with E-state index in [9.17, 15) is 9.90 Å².